The monoisotopic (exact) mass is 375 g/mol. The number of fused-ring (bicyclic) bond motifs is 2. The number of hydrogen-bond acceptors (Lipinski definition) is 4. The highest BCUT2D eigenvalue weighted by molar-refractivity contribution is 5.95. The normalized spacial score (nSPS) is 27.5. The van der Waals surface area contributed by atoms with Crippen molar-refractivity contribution >= 4 is 18.3 Å². The van der Waals surface area contributed by atoms with Gasteiger partial charge in [0.15, 0.2) is 0 Å². The van der Waals surface area contributed by atoms with Gasteiger partial charge in [-0.05, 0) is 68.2 Å². The lowest BCUT2D eigenvalue weighted by molar-refractivity contribution is 0.0756. The minimum atomic E-state index is 0. The number of halogens is 1. The second-order valence-corrected chi connectivity index (χ2v) is 7.52. The quantitative estimate of drug-likeness (QED) is 0.863. The average Bonchev–Trinajstić information content (AvgIpc) is 3.09. The Labute approximate surface area is 160 Å². The Bertz CT molecular complexity index is 749. The summed E-state index contributed by atoms with van der Waals surface area (Å²) in [6.45, 7) is 1.99. The van der Waals surface area contributed by atoms with Gasteiger partial charge in [-0.2, -0.15) is 5.10 Å². The zero-order chi connectivity index (χ0) is 17.4. The van der Waals surface area contributed by atoms with E-state index in [4.69, 9.17) is 5.73 Å². The lowest BCUT2D eigenvalue weighted by atomic mass is 9.67. The van der Waals surface area contributed by atoms with Gasteiger partial charge in [0.25, 0.3) is 5.91 Å². The summed E-state index contributed by atoms with van der Waals surface area (Å²) in [6, 6.07) is 6.29. The minimum Gasteiger partial charge on any atom is -0.349 e. The number of carbonyl (C=O) groups excluding carboxylic acids is 1. The van der Waals surface area contributed by atoms with Gasteiger partial charge < -0.3 is 11.1 Å². The molecule has 2 bridgehead atoms. The van der Waals surface area contributed by atoms with Crippen molar-refractivity contribution in [3.05, 3.63) is 42.0 Å². The lowest BCUT2D eigenvalue weighted by Crippen LogP contribution is -2.53. The molecular weight excluding hydrogens is 350 g/mol. The van der Waals surface area contributed by atoms with Crippen molar-refractivity contribution in [1.29, 1.82) is 0 Å². The molecule has 2 saturated carbocycles. The molecule has 2 unspecified atom stereocenters. The van der Waals surface area contributed by atoms with Gasteiger partial charge in [-0.25, -0.2) is 9.67 Å². The summed E-state index contributed by atoms with van der Waals surface area (Å²) in [7, 11) is 0. The largest absolute Gasteiger partial charge is 0.349 e. The van der Waals surface area contributed by atoms with Gasteiger partial charge in [0, 0.05) is 17.6 Å². The molecule has 0 radical (unpaired) electrons. The maximum atomic E-state index is 12.8. The third kappa shape index (κ3) is 3.62. The predicted molar refractivity (Wildman–Crippen MR) is 103 cm³/mol. The first-order valence-electron chi connectivity index (χ1n) is 9.14. The summed E-state index contributed by atoms with van der Waals surface area (Å²) < 4.78 is 1.71. The topological polar surface area (TPSA) is 85.8 Å². The molecule has 6 nitrogen and oxygen atoms in total. The summed E-state index contributed by atoms with van der Waals surface area (Å²) in [5, 5.41) is 7.46. The van der Waals surface area contributed by atoms with Crippen LogP contribution in [-0.4, -0.2) is 32.8 Å². The molecule has 7 heteroatoms. The Kier molecular flexibility index (Phi) is 5.63. The first-order valence-corrected chi connectivity index (χ1v) is 9.14. The molecule has 0 saturated heterocycles. The van der Waals surface area contributed by atoms with Crippen LogP contribution in [0.1, 0.15) is 48.0 Å². The van der Waals surface area contributed by atoms with Crippen molar-refractivity contribution < 1.29 is 4.79 Å². The van der Waals surface area contributed by atoms with Crippen LogP contribution in [0.5, 0.6) is 0 Å². The molecule has 0 spiro atoms. The van der Waals surface area contributed by atoms with Gasteiger partial charge in [-0.15, -0.1) is 12.4 Å². The minimum absolute atomic E-state index is 0. The van der Waals surface area contributed by atoms with E-state index in [1.807, 2.05) is 25.1 Å². The number of nitrogens with zero attached hydrogens (tertiary/aromatic N) is 3. The Morgan fingerprint density at radius 2 is 2.00 bits per heavy atom. The molecule has 1 aromatic heterocycles. The number of aromatic nitrogens is 3. The van der Waals surface area contributed by atoms with Gasteiger partial charge in [-0.3, -0.25) is 4.79 Å². The van der Waals surface area contributed by atoms with E-state index in [0.29, 0.717) is 23.4 Å². The number of nitrogens with two attached hydrogens (primary N) is 1. The lowest BCUT2D eigenvalue weighted by Gasteiger charge is -2.45. The Balaban J connectivity index is 0.00000196. The van der Waals surface area contributed by atoms with E-state index in [1.165, 1.54) is 25.6 Å². The molecule has 2 fully saturated rings. The van der Waals surface area contributed by atoms with E-state index in [0.717, 1.165) is 24.1 Å². The van der Waals surface area contributed by atoms with E-state index in [9.17, 15) is 4.79 Å². The fourth-order valence-electron chi connectivity index (χ4n) is 4.65. The fourth-order valence-corrected chi connectivity index (χ4v) is 4.65. The summed E-state index contributed by atoms with van der Waals surface area (Å²) in [5.74, 6) is 1.08. The predicted octanol–water partition coefficient (Wildman–Crippen LogP) is 2.63. The molecule has 1 amide bonds. The van der Waals surface area contributed by atoms with Crippen LogP contribution < -0.4 is 11.1 Å². The number of rotatable bonds is 3. The molecule has 2 aliphatic rings. The highest BCUT2D eigenvalue weighted by atomic mass is 35.5. The molecule has 2 aromatic rings. The summed E-state index contributed by atoms with van der Waals surface area (Å²) >= 11 is 0. The highest BCUT2D eigenvalue weighted by Crippen LogP contribution is 2.39. The molecule has 4 rings (SSSR count). The summed E-state index contributed by atoms with van der Waals surface area (Å²) in [4.78, 5) is 16.8. The molecule has 26 heavy (non-hydrogen) atoms. The second kappa shape index (κ2) is 7.76. The van der Waals surface area contributed by atoms with Gasteiger partial charge >= 0.3 is 0 Å². The smallest absolute Gasteiger partial charge is 0.251 e. The number of benzene rings is 1. The first-order chi connectivity index (χ1) is 12.1. The Hall–Kier alpha value is -1.92. The third-order valence-electron chi connectivity index (χ3n) is 5.80. The highest BCUT2D eigenvalue weighted by Gasteiger charge is 2.39. The van der Waals surface area contributed by atoms with Crippen LogP contribution in [0, 0.1) is 18.8 Å². The van der Waals surface area contributed by atoms with Crippen molar-refractivity contribution in [2.75, 3.05) is 0 Å². The van der Waals surface area contributed by atoms with Gasteiger partial charge in [-0.1, -0.05) is 6.42 Å². The van der Waals surface area contributed by atoms with Crippen LogP contribution in [0.3, 0.4) is 0 Å². The van der Waals surface area contributed by atoms with E-state index in [-0.39, 0.29) is 24.4 Å². The molecule has 3 N–H and O–H groups in total. The molecule has 2 atom stereocenters. The molecule has 1 heterocycles. The van der Waals surface area contributed by atoms with Crippen LogP contribution >= 0.6 is 12.4 Å². The van der Waals surface area contributed by atoms with Gasteiger partial charge in [0.1, 0.15) is 12.7 Å². The summed E-state index contributed by atoms with van der Waals surface area (Å²) in [6.07, 6.45) is 8.86. The molecule has 0 aliphatic heterocycles. The molecule has 1 aromatic carbocycles. The summed E-state index contributed by atoms with van der Waals surface area (Å²) in [5.41, 5.74) is 8.83. The zero-order valence-corrected chi connectivity index (χ0v) is 15.8. The van der Waals surface area contributed by atoms with Crippen LogP contribution in [-0.2, 0) is 0 Å². The van der Waals surface area contributed by atoms with E-state index in [1.54, 1.807) is 11.0 Å². The number of amides is 1. The standard InChI is InChI=1S/C19H25N5O.ClH/c1-12-7-15(5-6-17(12)24-11-21-10-22-24)19(25)23-18-13-3-2-4-14(18)9-16(20)8-13;/h5-7,10-11,13-14,16,18H,2-4,8-9,20H2,1H3,(H,23,25);1H. The number of aryl methyl sites for hydroxylation is 1. The maximum Gasteiger partial charge on any atom is 0.251 e. The fraction of sp³-hybridized carbons (Fsp3) is 0.526. The van der Waals surface area contributed by atoms with Gasteiger partial charge in [0.2, 0.25) is 0 Å². The van der Waals surface area contributed by atoms with Crippen molar-refractivity contribution in [2.24, 2.45) is 17.6 Å². The third-order valence-corrected chi connectivity index (χ3v) is 5.80. The zero-order valence-electron chi connectivity index (χ0n) is 15.0. The van der Waals surface area contributed by atoms with Crippen LogP contribution in [0.15, 0.2) is 30.9 Å². The Morgan fingerprint density at radius 3 is 2.62 bits per heavy atom. The first kappa shape index (κ1) is 18.9. The van der Waals surface area contributed by atoms with Crippen LogP contribution in [0.25, 0.3) is 5.69 Å². The SMILES string of the molecule is Cc1cc(C(=O)NC2C3CCCC2CC(N)C3)ccc1-n1cncn1.Cl. The van der Waals surface area contributed by atoms with Gasteiger partial charge in [0.05, 0.1) is 5.69 Å². The Morgan fingerprint density at radius 1 is 1.27 bits per heavy atom. The molecular formula is C19H26ClN5O. The van der Waals surface area contributed by atoms with Crippen LogP contribution in [0.2, 0.25) is 0 Å². The molecule has 2 aliphatic carbocycles. The van der Waals surface area contributed by atoms with Crippen molar-refractivity contribution in [1.82, 2.24) is 20.1 Å². The number of hydrogen-bond donors (Lipinski definition) is 2. The van der Waals surface area contributed by atoms with Crippen molar-refractivity contribution in [3.8, 4) is 5.69 Å². The molecule has 140 valence electrons. The second-order valence-electron chi connectivity index (χ2n) is 7.52. The van der Waals surface area contributed by atoms with Crippen molar-refractivity contribution in [2.45, 2.75) is 51.1 Å². The average molecular weight is 376 g/mol. The van der Waals surface area contributed by atoms with E-state index < -0.39 is 0 Å². The number of carbonyl (C=O) groups is 1. The van der Waals surface area contributed by atoms with E-state index >= 15 is 0 Å². The maximum absolute atomic E-state index is 12.8. The van der Waals surface area contributed by atoms with E-state index in [2.05, 4.69) is 15.4 Å². The van der Waals surface area contributed by atoms with Crippen LogP contribution in [0.4, 0.5) is 0 Å². The van der Waals surface area contributed by atoms with Crippen molar-refractivity contribution in [3.63, 3.8) is 0 Å². The number of nitrogens with one attached hydrogen (secondary N) is 1.